The molecule has 17 heavy (non-hydrogen) atoms. The Balaban J connectivity index is 1.85. The van der Waals surface area contributed by atoms with Crippen LogP contribution in [-0.2, 0) is 0 Å². The first kappa shape index (κ1) is 11.3. The highest BCUT2D eigenvalue weighted by molar-refractivity contribution is 7.71. The third-order valence-electron chi connectivity index (χ3n) is 3.90. The summed E-state index contributed by atoms with van der Waals surface area (Å²) in [5.74, 6) is 1.92. The maximum absolute atomic E-state index is 5.33. The summed E-state index contributed by atoms with van der Waals surface area (Å²) < 4.78 is 3.02. The van der Waals surface area contributed by atoms with E-state index in [4.69, 9.17) is 12.2 Å². The van der Waals surface area contributed by atoms with Crippen LogP contribution in [0.25, 0.3) is 0 Å². The van der Waals surface area contributed by atoms with E-state index in [1.165, 1.54) is 32.1 Å². The lowest BCUT2D eigenvalue weighted by molar-refractivity contribution is 0.520. The zero-order valence-electron chi connectivity index (χ0n) is 10.4. The maximum atomic E-state index is 5.33. The standard InChI is InChI=1S/C12H20N4S/c1-9-3-2-7-15(8-6-9)11-13-14-12(17)16(11)10-4-5-10/h9-10H,2-8H2,1H3,(H,14,17). The number of aromatic amines is 1. The first-order valence-electron chi connectivity index (χ1n) is 6.67. The fraction of sp³-hybridized carbons (Fsp3) is 0.833. The molecule has 0 spiro atoms. The Morgan fingerprint density at radius 1 is 1.24 bits per heavy atom. The van der Waals surface area contributed by atoms with Crippen LogP contribution in [0.4, 0.5) is 5.95 Å². The van der Waals surface area contributed by atoms with Gasteiger partial charge in [-0.3, -0.25) is 4.57 Å². The van der Waals surface area contributed by atoms with Crippen molar-refractivity contribution in [2.24, 2.45) is 5.92 Å². The molecule has 0 radical (unpaired) electrons. The van der Waals surface area contributed by atoms with Crippen LogP contribution in [0.2, 0.25) is 0 Å². The molecule has 94 valence electrons. The molecule has 1 unspecified atom stereocenters. The molecule has 4 nitrogen and oxygen atoms in total. The van der Waals surface area contributed by atoms with Crippen molar-refractivity contribution in [2.75, 3.05) is 18.0 Å². The number of H-pyrrole nitrogens is 1. The second kappa shape index (κ2) is 4.44. The molecule has 1 aliphatic heterocycles. The number of aromatic nitrogens is 3. The van der Waals surface area contributed by atoms with Gasteiger partial charge in [-0.05, 0) is 50.2 Å². The van der Waals surface area contributed by atoms with Gasteiger partial charge < -0.3 is 4.90 Å². The fourth-order valence-corrected chi connectivity index (χ4v) is 2.92. The highest BCUT2D eigenvalue weighted by atomic mass is 32.1. The van der Waals surface area contributed by atoms with Gasteiger partial charge in [0, 0.05) is 19.1 Å². The zero-order chi connectivity index (χ0) is 11.8. The minimum atomic E-state index is 0.608. The van der Waals surface area contributed by atoms with Crippen molar-refractivity contribution in [3.05, 3.63) is 4.77 Å². The second-order valence-electron chi connectivity index (χ2n) is 5.45. The van der Waals surface area contributed by atoms with Crippen LogP contribution in [0.15, 0.2) is 0 Å². The summed E-state index contributed by atoms with van der Waals surface area (Å²) in [4.78, 5) is 2.41. The van der Waals surface area contributed by atoms with E-state index in [9.17, 15) is 0 Å². The number of hydrogen-bond acceptors (Lipinski definition) is 3. The average Bonchev–Trinajstić information content (AvgIpc) is 3.09. The first-order chi connectivity index (χ1) is 8.25. The van der Waals surface area contributed by atoms with Gasteiger partial charge in [0.1, 0.15) is 0 Å². The van der Waals surface area contributed by atoms with E-state index in [0.717, 1.165) is 29.7 Å². The molecular formula is C12H20N4S. The van der Waals surface area contributed by atoms with Crippen molar-refractivity contribution in [1.29, 1.82) is 0 Å². The van der Waals surface area contributed by atoms with E-state index in [1.54, 1.807) is 0 Å². The number of hydrogen-bond donors (Lipinski definition) is 1. The van der Waals surface area contributed by atoms with Crippen LogP contribution in [0, 0.1) is 10.7 Å². The van der Waals surface area contributed by atoms with E-state index >= 15 is 0 Å². The maximum Gasteiger partial charge on any atom is 0.225 e. The molecule has 0 amide bonds. The van der Waals surface area contributed by atoms with Gasteiger partial charge in [-0.15, -0.1) is 5.10 Å². The molecule has 1 atom stereocenters. The Bertz CT molecular complexity index is 446. The van der Waals surface area contributed by atoms with Crippen molar-refractivity contribution in [3.8, 4) is 0 Å². The number of rotatable bonds is 2. The average molecular weight is 252 g/mol. The lowest BCUT2D eigenvalue weighted by atomic mass is 10.0. The largest absolute Gasteiger partial charge is 0.341 e. The molecular weight excluding hydrogens is 232 g/mol. The molecule has 1 aromatic heterocycles. The predicted molar refractivity (Wildman–Crippen MR) is 70.9 cm³/mol. The van der Waals surface area contributed by atoms with Gasteiger partial charge in [0.25, 0.3) is 0 Å². The Hall–Kier alpha value is -0.840. The van der Waals surface area contributed by atoms with Gasteiger partial charge in [-0.1, -0.05) is 6.92 Å². The number of anilines is 1. The molecule has 0 aromatic carbocycles. The van der Waals surface area contributed by atoms with Crippen LogP contribution < -0.4 is 4.90 Å². The Morgan fingerprint density at radius 3 is 2.82 bits per heavy atom. The van der Waals surface area contributed by atoms with E-state index in [1.807, 2.05) is 0 Å². The molecule has 0 bridgehead atoms. The van der Waals surface area contributed by atoms with Gasteiger partial charge >= 0.3 is 0 Å². The molecule has 2 fully saturated rings. The van der Waals surface area contributed by atoms with Crippen LogP contribution in [0.3, 0.4) is 0 Å². The summed E-state index contributed by atoms with van der Waals surface area (Å²) in [5, 5.41) is 7.40. The summed E-state index contributed by atoms with van der Waals surface area (Å²) in [5.41, 5.74) is 0. The first-order valence-corrected chi connectivity index (χ1v) is 7.08. The highest BCUT2D eigenvalue weighted by Crippen LogP contribution is 2.38. The molecule has 1 aromatic rings. The van der Waals surface area contributed by atoms with Gasteiger partial charge in [-0.25, -0.2) is 5.10 Å². The minimum absolute atomic E-state index is 0.608. The molecule has 1 saturated carbocycles. The summed E-state index contributed by atoms with van der Waals surface area (Å²) in [6, 6.07) is 0.608. The molecule has 2 aliphatic rings. The summed E-state index contributed by atoms with van der Waals surface area (Å²) in [7, 11) is 0. The lowest BCUT2D eigenvalue weighted by Gasteiger charge is -2.21. The van der Waals surface area contributed by atoms with Crippen molar-refractivity contribution < 1.29 is 0 Å². The third-order valence-corrected chi connectivity index (χ3v) is 4.19. The van der Waals surface area contributed by atoms with E-state index in [-0.39, 0.29) is 0 Å². The Morgan fingerprint density at radius 2 is 2.06 bits per heavy atom. The fourth-order valence-electron chi connectivity index (χ4n) is 2.64. The van der Waals surface area contributed by atoms with Gasteiger partial charge in [0.05, 0.1) is 0 Å². The molecule has 3 rings (SSSR count). The molecule has 1 N–H and O–H groups in total. The van der Waals surface area contributed by atoms with Crippen molar-refractivity contribution in [3.63, 3.8) is 0 Å². The lowest BCUT2D eigenvalue weighted by Crippen LogP contribution is -2.27. The van der Waals surface area contributed by atoms with Crippen LogP contribution in [0.1, 0.15) is 45.1 Å². The monoisotopic (exact) mass is 252 g/mol. The molecule has 1 aliphatic carbocycles. The topological polar surface area (TPSA) is 36.9 Å². The van der Waals surface area contributed by atoms with Crippen molar-refractivity contribution >= 4 is 18.2 Å². The van der Waals surface area contributed by atoms with Crippen LogP contribution in [-0.4, -0.2) is 27.9 Å². The predicted octanol–water partition coefficient (Wildman–Crippen LogP) is 2.90. The van der Waals surface area contributed by atoms with Gasteiger partial charge in [0.15, 0.2) is 4.77 Å². The quantitative estimate of drug-likeness (QED) is 0.822. The Labute approximate surface area is 107 Å². The van der Waals surface area contributed by atoms with Gasteiger partial charge in [0.2, 0.25) is 5.95 Å². The summed E-state index contributed by atoms with van der Waals surface area (Å²) in [6.45, 7) is 4.59. The van der Waals surface area contributed by atoms with E-state index < -0.39 is 0 Å². The molecule has 1 saturated heterocycles. The van der Waals surface area contributed by atoms with E-state index in [2.05, 4.69) is 26.6 Å². The summed E-state index contributed by atoms with van der Waals surface area (Å²) in [6.07, 6.45) is 6.39. The Kier molecular flexibility index (Phi) is 2.94. The van der Waals surface area contributed by atoms with Crippen LogP contribution >= 0.6 is 12.2 Å². The third kappa shape index (κ3) is 2.25. The zero-order valence-corrected chi connectivity index (χ0v) is 11.2. The minimum Gasteiger partial charge on any atom is -0.341 e. The van der Waals surface area contributed by atoms with Crippen molar-refractivity contribution in [2.45, 2.75) is 45.1 Å². The van der Waals surface area contributed by atoms with E-state index in [0.29, 0.717) is 6.04 Å². The molecule has 5 heteroatoms. The normalized spacial score (nSPS) is 25.9. The van der Waals surface area contributed by atoms with Crippen LogP contribution in [0.5, 0.6) is 0 Å². The number of nitrogens with zero attached hydrogens (tertiary/aromatic N) is 3. The molecule has 2 heterocycles. The number of nitrogens with one attached hydrogen (secondary N) is 1. The van der Waals surface area contributed by atoms with Gasteiger partial charge in [-0.2, -0.15) is 0 Å². The summed E-state index contributed by atoms with van der Waals surface area (Å²) >= 11 is 5.33. The second-order valence-corrected chi connectivity index (χ2v) is 5.84. The van der Waals surface area contributed by atoms with Crippen molar-refractivity contribution in [1.82, 2.24) is 14.8 Å². The SMILES string of the molecule is CC1CCCN(c2n[nH]c(=S)n2C2CC2)CC1. The highest BCUT2D eigenvalue weighted by Gasteiger charge is 2.29. The smallest absolute Gasteiger partial charge is 0.225 e.